The van der Waals surface area contributed by atoms with Gasteiger partial charge in [-0.15, -0.1) is 0 Å². The number of nitrogens with zero attached hydrogens (tertiary/aromatic N) is 1. The molecule has 0 radical (unpaired) electrons. The summed E-state index contributed by atoms with van der Waals surface area (Å²) in [4.78, 5) is 2.44. The smallest absolute Gasteiger partial charge is 0.191 e. The number of benzene rings is 1. The quantitative estimate of drug-likeness (QED) is 0.772. The molecule has 3 heterocycles. The third kappa shape index (κ3) is 1.42. The van der Waals surface area contributed by atoms with E-state index >= 15 is 0 Å². The van der Waals surface area contributed by atoms with E-state index in [2.05, 4.69) is 55.2 Å². The number of aryl methyl sites for hydroxylation is 1. The molecule has 1 aromatic carbocycles. The molecular weight excluding hydrogens is 250 g/mol. The first-order valence-corrected chi connectivity index (χ1v) is 7.36. The van der Waals surface area contributed by atoms with Gasteiger partial charge in [-0.1, -0.05) is 24.6 Å². The summed E-state index contributed by atoms with van der Waals surface area (Å²) in [5, 5.41) is 0. The van der Waals surface area contributed by atoms with Crippen LogP contribution in [0, 0.1) is 18.8 Å². The van der Waals surface area contributed by atoms with Crippen LogP contribution in [0.3, 0.4) is 0 Å². The molecule has 0 aromatic heterocycles. The Morgan fingerprint density at radius 2 is 2.00 bits per heavy atom. The van der Waals surface area contributed by atoms with Gasteiger partial charge in [0, 0.05) is 31.2 Å². The number of hydrogen-bond acceptors (Lipinski definition) is 3. The lowest BCUT2D eigenvalue weighted by molar-refractivity contribution is -0.194. The monoisotopic (exact) mass is 271 g/mol. The van der Waals surface area contributed by atoms with E-state index in [1.54, 1.807) is 7.11 Å². The van der Waals surface area contributed by atoms with Crippen LogP contribution < -0.4 is 4.90 Å². The van der Waals surface area contributed by atoms with Crippen LogP contribution in [-0.4, -0.2) is 31.6 Å². The lowest BCUT2D eigenvalue weighted by Crippen LogP contribution is -2.37. The normalized spacial score (nSPS) is 41.5. The molecular formula is C17H21NO2. The van der Waals surface area contributed by atoms with E-state index in [1.807, 2.05) is 0 Å². The number of anilines is 1. The summed E-state index contributed by atoms with van der Waals surface area (Å²) in [5.74, 6) is 0.422. The Bertz CT molecular complexity index is 567. The molecule has 3 aliphatic heterocycles. The minimum Gasteiger partial charge on any atom is -0.368 e. The lowest BCUT2D eigenvalue weighted by atomic mass is 9.77. The zero-order valence-electron chi connectivity index (χ0n) is 12.3. The van der Waals surface area contributed by atoms with Crippen molar-refractivity contribution in [2.75, 3.05) is 25.1 Å². The number of fused-ring (bicyclic) bond motifs is 1. The molecule has 4 rings (SSSR count). The highest BCUT2D eigenvalue weighted by molar-refractivity contribution is 5.51. The van der Waals surface area contributed by atoms with Crippen LogP contribution in [0.2, 0.25) is 0 Å². The zero-order valence-corrected chi connectivity index (χ0v) is 12.3. The number of rotatable bonds is 2. The fourth-order valence-electron chi connectivity index (χ4n) is 4.13. The van der Waals surface area contributed by atoms with E-state index in [0.717, 1.165) is 13.1 Å². The second-order valence-corrected chi connectivity index (χ2v) is 6.43. The Morgan fingerprint density at radius 3 is 2.65 bits per heavy atom. The molecule has 0 N–H and O–H groups in total. The highest BCUT2D eigenvalue weighted by atomic mass is 16.7. The maximum Gasteiger partial charge on any atom is 0.191 e. The molecule has 0 amide bonds. The van der Waals surface area contributed by atoms with Gasteiger partial charge in [0.1, 0.15) is 5.60 Å². The highest BCUT2D eigenvalue weighted by Crippen LogP contribution is 2.57. The molecule has 3 nitrogen and oxygen atoms in total. The summed E-state index contributed by atoms with van der Waals surface area (Å²) in [6.07, 6.45) is 4.35. The molecule has 2 saturated heterocycles. The van der Waals surface area contributed by atoms with Gasteiger partial charge >= 0.3 is 0 Å². The fourth-order valence-corrected chi connectivity index (χ4v) is 4.13. The van der Waals surface area contributed by atoms with Crippen LogP contribution in [0.1, 0.15) is 12.5 Å². The second-order valence-electron chi connectivity index (χ2n) is 6.43. The van der Waals surface area contributed by atoms with Gasteiger partial charge in [0.05, 0.1) is 6.54 Å². The van der Waals surface area contributed by atoms with Gasteiger partial charge in [0.15, 0.2) is 5.79 Å². The van der Waals surface area contributed by atoms with E-state index < -0.39 is 5.79 Å². The van der Waals surface area contributed by atoms with Gasteiger partial charge in [-0.25, -0.2) is 0 Å². The first-order valence-electron chi connectivity index (χ1n) is 7.36. The minimum absolute atomic E-state index is 0.152. The van der Waals surface area contributed by atoms with E-state index in [-0.39, 0.29) is 5.60 Å². The SMILES string of the molecule is CO[C@@]12C=C[C@]3(CN(c4ccc(C)cc4)C[C@@H]3[C@H]1C)O2. The molecule has 2 bridgehead atoms. The molecule has 1 spiro atoms. The Hall–Kier alpha value is -1.32. The number of ether oxygens (including phenoxy) is 2. The van der Waals surface area contributed by atoms with Crippen LogP contribution in [0.25, 0.3) is 0 Å². The van der Waals surface area contributed by atoms with E-state index in [4.69, 9.17) is 9.47 Å². The average Bonchev–Trinajstić information content (AvgIpc) is 3.07. The molecule has 0 aliphatic carbocycles. The van der Waals surface area contributed by atoms with Crippen LogP contribution in [0.15, 0.2) is 36.4 Å². The van der Waals surface area contributed by atoms with Gasteiger partial charge in [-0.3, -0.25) is 0 Å². The third-order valence-corrected chi connectivity index (χ3v) is 5.39. The van der Waals surface area contributed by atoms with Gasteiger partial charge in [-0.2, -0.15) is 0 Å². The van der Waals surface area contributed by atoms with Crippen molar-refractivity contribution in [3.05, 3.63) is 42.0 Å². The van der Waals surface area contributed by atoms with Crippen LogP contribution in [-0.2, 0) is 9.47 Å². The van der Waals surface area contributed by atoms with E-state index in [0.29, 0.717) is 11.8 Å². The zero-order chi connectivity index (χ0) is 14.0. The molecule has 2 fully saturated rings. The molecule has 4 atom stereocenters. The van der Waals surface area contributed by atoms with Crippen molar-refractivity contribution in [3.63, 3.8) is 0 Å². The standard InChI is InChI=1S/C17H21NO2/c1-12-4-6-14(7-5-12)18-10-15-13(2)17(19-3)9-8-16(15,11-18)20-17/h4-9,13,15H,10-11H2,1-3H3/t13-,15-,16-,17-/m1/s1. The van der Waals surface area contributed by atoms with Crippen molar-refractivity contribution in [2.24, 2.45) is 11.8 Å². The summed E-state index contributed by atoms with van der Waals surface area (Å²) in [6, 6.07) is 8.77. The van der Waals surface area contributed by atoms with E-state index in [9.17, 15) is 0 Å². The van der Waals surface area contributed by atoms with Gasteiger partial charge in [0.25, 0.3) is 0 Å². The molecule has 0 unspecified atom stereocenters. The maximum absolute atomic E-state index is 6.33. The maximum atomic E-state index is 6.33. The highest BCUT2D eigenvalue weighted by Gasteiger charge is 2.66. The van der Waals surface area contributed by atoms with Gasteiger partial charge in [0.2, 0.25) is 0 Å². The van der Waals surface area contributed by atoms with Crippen molar-refractivity contribution >= 4 is 5.69 Å². The first-order chi connectivity index (χ1) is 9.58. The van der Waals surface area contributed by atoms with Gasteiger partial charge in [-0.05, 0) is 31.2 Å². The van der Waals surface area contributed by atoms with Crippen molar-refractivity contribution in [1.29, 1.82) is 0 Å². The average molecular weight is 271 g/mol. The second kappa shape index (κ2) is 3.86. The van der Waals surface area contributed by atoms with E-state index in [1.165, 1.54) is 11.3 Å². The predicted octanol–water partition coefficient (Wildman–Crippen LogP) is 2.75. The van der Waals surface area contributed by atoms with Crippen LogP contribution >= 0.6 is 0 Å². The summed E-state index contributed by atoms with van der Waals surface area (Å²) in [6.45, 7) is 6.34. The van der Waals surface area contributed by atoms with Crippen LogP contribution in [0.4, 0.5) is 5.69 Å². The molecule has 3 heteroatoms. The molecule has 3 aliphatic rings. The summed E-state index contributed by atoms with van der Waals surface area (Å²) < 4.78 is 12.0. The topological polar surface area (TPSA) is 21.7 Å². The molecule has 0 saturated carbocycles. The Kier molecular flexibility index (Phi) is 2.40. The summed E-state index contributed by atoms with van der Waals surface area (Å²) in [7, 11) is 1.75. The van der Waals surface area contributed by atoms with Crippen molar-refractivity contribution in [1.82, 2.24) is 0 Å². The first kappa shape index (κ1) is 12.4. The van der Waals surface area contributed by atoms with Crippen molar-refractivity contribution < 1.29 is 9.47 Å². The minimum atomic E-state index is -0.482. The van der Waals surface area contributed by atoms with Crippen LogP contribution in [0.5, 0.6) is 0 Å². The molecule has 20 heavy (non-hydrogen) atoms. The number of methoxy groups -OCH3 is 1. The molecule has 106 valence electrons. The summed E-state index contributed by atoms with van der Waals surface area (Å²) >= 11 is 0. The molecule has 1 aromatic rings. The largest absolute Gasteiger partial charge is 0.368 e. The van der Waals surface area contributed by atoms with Gasteiger partial charge < -0.3 is 14.4 Å². The van der Waals surface area contributed by atoms with Crippen molar-refractivity contribution in [2.45, 2.75) is 25.2 Å². The Morgan fingerprint density at radius 1 is 1.25 bits per heavy atom. The lowest BCUT2D eigenvalue weighted by Gasteiger charge is -2.30. The Labute approximate surface area is 120 Å². The summed E-state index contributed by atoms with van der Waals surface area (Å²) in [5.41, 5.74) is 2.44. The fraction of sp³-hybridized carbons (Fsp3) is 0.529. The Balaban J connectivity index is 1.64. The number of hydrogen-bond donors (Lipinski definition) is 0. The predicted molar refractivity (Wildman–Crippen MR) is 78.7 cm³/mol. The third-order valence-electron chi connectivity index (χ3n) is 5.39. The van der Waals surface area contributed by atoms with Crippen molar-refractivity contribution in [3.8, 4) is 0 Å².